The number of anilines is 1. The molecule has 184 valence electrons. The number of amides is 2. The number of halogens is 1. The molecule has 1 heterocycles. The number of aromatic nitrogens is 2. The van der Waals surface area contributed by atoms with E-state index in [0.717, 1.165) is 30.3 Å². The Morgan fingerprint density at radius 1 is 0.943 bits per heavy atom. The molecule has 2 amide bonds. The van der Waals surface area contributed by atoms with Gasteiger partial charge in [0.15, 0.2) is 0 Å². The molecule has 9 heteroatoms. The highest BCUT2D eigenvalue weighted by atomic mass is 19.1. The van der Waals surface area contributed by atoms with Crippen molar-refractivity contribution >= 4 is 28.4 Å². The zero-order valence-electron chi connectivity index (χ0n) is 19.5. The van der Waals surface area contributed by atoms with Gasteiger partial charge in [-0.05, 0) is 56.0 Å². The third-order valence-corrected chi connectivity index (χ3v) is 6.30. The molecule has 1 aliphatic carbocycles. The molecule has 0 bridgehead atoms. The SMILES string of the molecule is O=C(Cn1c(=O)n(CCCCC(=O)NC2CCCC2)c(=O)c2ccccc21)Nc1cccc(F)c1. The second-order valence-corrected chi connectivity index (χ2v) is 8.91. The Morgan fingerprint density at radius 2 is 1.71 bits per heavy atom. The number of fused-ring (bicyclic) bond motifs is 1. The molecule has 2 aromatic carbocycles. The summed E-state index contributed by atoms with van der Waals surface area (Å²) in [6.45, 7) is -0.190. The topological polar surface area (TPSA) is 102 Å². The average Bonchev–Trinajstić information content (AvgIpc) is 3.34. The molecule has 1 aliphatic rings. The van der Waals surface area contributed by atoms with Crippen LogP contribution in [0.25, 0.3) is 10.9 Å². The van der Waals surface area contributed by atoms with Crippen molar-refractivity contribution in [1.29, 1.82) is 0 Å². The highest BCUT2D eigenvalue weighted by Gasteiger charge is 2.18. The van der Waals surface area contributed by atoms with Crippen LogP contribution >= 0.6 is 0 Å². The molecule has 0 aliphatic heterocycles. The van der Waals surface area contributed by atoms with Crippen molar-refractivity contribution in [2.75, 3.05) is 5.32 Å². The summed E-state index contributed by atoms with van der Waals surface area (Å²) in [4.78, 5) is 51.0. The zero-order chi connectivity index (χ0) is 24.8. The maximum absolute atomic E-state index is 13.4. The van der Waals surface area contributed by atoms with Gasteiger partial charge < -0.3 is 10.6 Å². The van der Waals surface area contributed by atoms with E-state index in [0.29, 0.717) is 30.2 Å². The Balaban J connectivity index is 1.47. The number of unbranched alkanes of at least 4 members (excludes halogenated alkanes) is 1. The van der Waals surface area contributed by atoms with Crippen LogP contribution in [0.4, 0.5) is 10.1 Å². The number of hydrogen-bond donors (Lipinski definition) is 2. The number of nitrogens with one attached hydrogen (secondary N) is 2. The van der Waals surface area contributed by atoms with Gasteiger partial charge in [0.2, 0.25) is 11.8 Å². The highest BCUT2D eigenvalue weighted by Crippen LogP contribution is 2.18. The van der Waals surface area contributed by atoms with E-state index in [1.165, 1.54) is 22.8 Å². The van der Waals surface area contributed by atoms with E-state index in [-0.39, 0.29) is 30.7 Å². The lowest BCUT2D eigenvalue weighted by Gasteiger charge is -2.14. The van der Waals surface area contributed by atoms with Gasteiger partial charge in [-0.3, -0.25) is 23.5 Å². The van der Waals surface area contributed by atoms with Crippen molar-refractivity contribution in [2.24, 2.45) is 0 Å². The molecule has 0 radical (unpaired) electrons. The van der Waals surface area contributed by atoms with E-state index < -0.39 is 23.0 Å². The fourth-order valence-electron chi connectivity index (χ4n) is 4.56. The molecule has 35 heavy (non-hydrogen) atoms. The van der Waals surface area contributed by atoms with Crippen molar-refractivity contribution in [3.8, 4) is 0 Å². The predicted molar refractivity (Wildman–Crippen MR) is 132 cm³/mol. The van der Waals surface area contributed by atoms with Gasteiger partial charge >= 0.3 is 5.69 Å². The van der Waals surface area contributed by atoms with Crippen LogP contribution < -0.4 is 21.9 Å². The van der Waals surface area contributed by atoms with Crippen molar-refractivity contribution in [1.82, 2.24) is 14.5 Å². The summed E-state index contributed by atoms with van der Waals surface area (Å²) in [7, 11) is 0. The summed E-state index contributed by atoms with van der Waals surface area (Å²) >= 11 is 0. The minimum absolute atomic E-state index is 0.00538. The van der Waals surface area contributed by atoms with Crippen molar-refractivity contribution in [3.05, 3.63) is 75.2 Å². The van der Waals surface area contributed by atoms with E-state index in [1.807, 2.05) is 0 Å². The number of para-hydroxylation sites is 1. The third kappa shape index (κ3) is 6.03. The van der Waals surface area contributed by atoms with Crippen molar-refractivity contribution in [2.45, 2.75) is 64.1 Å². The molecule has 4 rings (SSSR count). The molecule has 2 N–H and O–H groups in total. The second kappa shape index (κ2) is 11.1. The Morgan fingerprint density at radius 3 is 2.49 bits per heavy atom. The van der Waals surface area contributed by atoms with Crippen LogP contribution in [0.3, 0.4) is 0 Å². The summed E-state index contributed by atoms with van der Waals surface area (Å²) in [5.41, 5.74) is -0.401. The summed E-state index contributed by atoms with van der Waals surface area (Å²) in [5.74, 6) is -1.01. The number of carbonyl (C=O) groups excluding carboxylic acids is 2. The number of rotatable bonds is 9. The monoisotopic (exact) mass is 480 g/mol. The van der Waals surface area contributed by atoms with Crippen molar-refractivity contribution < 1.29 is 14.0 Å². The molecule has 0 spiro atoms. The molecule has 0 saturated heterocycles. The Hall–Kier alpha value is -3.75. The number of nitrogens with zero attached hydrogens (tertiary/aromatic N) is 2. The van der Waals surface area contributed by atoms with Gasteiger partial charge in [0.05, 0.1) is 10.9 Å². The quantitative estimate of drug-likeness (QED) is 0.459. The fourth-order valence-corrected chi connectivity index (χ4v) is 4.56. The molecule has 1 aromatic heterocycles. The first-order valence-electron chi connectivity index (χ1n) is 12.0. The maximum Gasteiger partial charge on any atom is 0.331 e. The molecular weight excluding hydrogens is 451 g/mol. The average molecular weight is 481 g/mol. The predicted octanol–water partition coefficient (Wildman–Crippen LogP) is 3.17. The minimum Gasteiger partial charge on any atom is -0.353 e. The molecule has 0 unspecified atom stereocenters. The van der Waals surface area contributed by atoms with Gasteiger partial charge in [-0.15, -0.1) is 0 Å². The van der Waals surface area contributed by atoms with Crippen LogP contribution in [0.5, 0.6) is 0 Å². The van der Waals surface area contributed by atoms with E-state index in [4.69, 9.17) is 0 Å². The molecular formula is C26H29FN4O4. The number of hydrogen-bond acceptors (Lipinski definition) is 4. The first-order chi connectivity index (χ1) is 16.9. The van der Waals surface area contributed by atoms with Gasteiger partial charge in [0, 0.05) is 24.7 Å². The van der Waals surface area contributed by atoms with E-state index >= 15 is 0 Å². The highest BCUT2D eigenvalue weighted by molar-refractivity contribution is 5.91. The lowest BCUT2D eigenvalue weighted by Crippen LogP contribution is -2.41. The lowest BCUT2D eigenvalue weighted by atomic mass is 10.2. The minimum atomic E-state index is -0.599. The largest absolute Gasteiger partial charge is 0.353 e. The molecule has 8 nitrogen and oxygen atoms in total. The number of carbonyl (C=O) groups is 2. The van der Waals surface area contributed by atoms with Crippen LogP contribution in [0.15, 0.2) is 58.1 Å². The van der Waals surface area contributed by atoms with E-state index in [9.17, 15) is 23.6 Å². The smallest absolute Gasteiger partial charge is 0.331 e. The summed E-state index contributed by atoms with van der Waals surface area (Å²) < 4.78 is 15.8. The van der Waals surface area contributed by atoms with Gasteiger partial charge in [-0.1, -0.05) is 31.0 Å². The van der Waals surface area contributed by atoms with Gasteiger partial charge in [-0.2, -0.15) is 0 Å². The molecule has 1 saturated carbocycles. The van der Waals surface area contributed by atoms with Crippen LogP contribution in [-0.2, 0) is 22.7 Å². The Labute approximate surface area is 201 Å². The molecule has 1 fully saturated rings. The fraction of sp³-hybridized carbons (Fsp3) is 0.385. The van der Waals surface area contributed by atoms with Crippen LogP contribution in [0, 0.1) is 5.82 Å². The van der Waals surface area contributed by atoms with Gasteiger partial charge in [0.1, 0.15) is 12.4 Å². The van der Waals surface area contributed by atoms with E-state index in [2.05, 4.69) is 10.6 Å². The standard InChI is InChI=1S/C26H29FN4O4/c27-18-8-7-11-20(16-18)29-24(33)17-31-22-13-4-3-12-21(22)25(34)30(26(31)35)15-6-5-14-23(32)28-19-9-1-2-10-19/h3-4,7-8,11-13,16,19H,1-2,5-6,9-10,14-15,17H2,(H,28,32)(H,29,33). The molecule has 3 aromatic rings. The van der Waals surface area contributed by atoms with Gasteiger partial charge in [0.25, 0.3) is 5.56 Å². The van der Waals surface area contributed by atoms with Crippen LogP contribution in [0.1, 0.15) is 44.9 Å². The third-order valence-electron chi connectivity index (χ3n) is 6.30. The van der Waals surface area contributed by atoms with Crippen LogP contribution in [0.2, 0.25) is 0 Å². The second-order valence-electron chi connectivity index (χ2n) is 8.91. The Kier molecular flexibility index (Phi) is 7.74. The molecule has 0 atom stereocenters. The normalized spacial score (nSPS) is 13.7. The van der Waals surface area contributed by atoms with Gasteiger partial charge in [-0.25, -0.2) is 9.18 Å². The first-order valence-corrected chi connectivity index (χ1v) is 12.0. The summed E-state index contributed by atoms with van der Waals surface area (Å²) in [5, 5.41) is 5.94. The summed E-state index contributed by atoms with van der Waals surface area (Å²) in [6.07, 6.45) is 5.67. The maximum atomic E-state index is 13.4. The first kappa shape index (κ1) is 24.4. The number of benzene rings is 2. The lowest BCUT2D eigenvalue weighted by molar-refractivity contribution is -0.122. The Bertz CT molecular complexity index is 1340. The van der Waals surface area contributed by atoms with Crippen LogP contribution in [-0.4, -0.2) is 27.0 Å². The van der Waals surface area contributed by atoms with Crippen molar-refractivity contribution in [3.63, 3.8) is 0 Å². The zero-order valence-corrected chi connectivity index (χ0v) is 19.5. The van der Waals surface area contributed by atoms with E-state index in [1.54, 1.807) is 30.3 Å². The summed E-state index contributed by atoms with van der Waals surface area (Å²) in [6, 6.07) is 12.3.